The number of carbonyl (C=O) groups is 3. The van der Waals surface area contributed by atoms with Crippen LogP contribution < -0.4 is 20.7 Å². The Morgan fingerprint density at radius 3 is 2.27 bits per heavy atom. The number of benzene rings is 3. The molecular weight excluding hydrogens is 442 g/mol. The molecule has 0 saturated heterocycles. The number of amides is 3. The van der Waals surface area contributed by atoms with E-state index >= 15 is 0 Å². The zero-order valence-corrected chi connectivity index (χ0v) is 18.8. The van der Waals surface area contributed by atoms with Gasteiger partial charge in [0.1, 0.15) is 5.75 Å². The Kier molecular flexibility index (Phi) is 8.43. The fourth-order valence-electron chi connectivity index (χ4n) is 2.88. The lowest BCUT2D eigenvalue weighted by Crippen LogP contribution is -2.36. The molecule has 0 aromatic heterocycles. The van der Waals surface area contributed by atoms with Gasteiger partial charge in [0, 0.05) is 17.3 Å². The Bertz CT molecular complexity index is 1120. The quantitative estimate of drug-likeness (QED) is 0.449. The highest BCUT2D eigenvalue weighted by Gasteiger charge is 2.14. The van der Waals surface area contributed by atoms with Gasteiger partial charge >= 0.3 is 0 Å². The summed E-state index contributed by atoms with van der Waals surface area (Å²) in [5.74, 6) is -0.924. The van der Waals surface area contributed by atoms with E-state index in [0.29, 0.717) is 17.3 Å². The van der Waals surface area contributed by atoms with E-state index in [1.165, 1.54) is 0 Å². The molecule has 3 rings (SSSR count). The van der Waals surface area contributed by atoms with Crippen LogP contribution in [0, 0.1) is 6.92 Å². The molecule has 0 radical (unpaired) electrons. The highest BCUT2D eigenvalue weighted by atomic mass is 35.5. The first-order chi connectivity index (χ1) is 15.9. The van der Waals surface area contributed by atoms with Gasteiger partial charge < -0.3 is 20.7 Å². The highest BCUT2D eigenvalue weighted by molar-refractivity contribution is 6.30. The molecule has 3 aromatic rings. The van der Waals surface area contributed by atoms with Crippen LogP contribution >= 0.6 is 11.6 Å². The van der Waals surface area contributed by atoms with Crippen molar-refractivity contribution in [1.29, 1.82) is 0 Å². The number of para-hydroxylation sites is 1. The minimum atomic E-state index is -0.480. The van der Waals surface area contributed by atoms with E-state index in [2.05, 4.69) is 16.0 Å². The lowest BCUT2D eigenvalue weighted by Gasteiger charge is -2.12. The number of hydrogen-bond acceptors (Lipinski definition) is 4. The monoisotopic (exact) mass is 465 g/mol. The summed E-state index contributed by atoms with van der Waals surface area (Å²) in [5.41, 5.74) is 2.86. The normalized spacial score (nSPS) is 10.2. The zero-order valence-electron chi connectivity index (χ0n) is 18.1. The van der Waals surface area contributed by atoms with Gasteiger partial charge in [0.25, 0.3) is 11.8 Å². The molecule has 170 valence electrons. The van der Waals surface area contributed by atoms with Crippen molar-refractivity contribution in [2.45, 2.75) is 13.5 Å². The van der Waals surface area contributed by atoms with Gasteiger partial charge in [-0.3, -0.25) is 14.4 Å². The molecular formula is C25H24ClN3O4. The maximum absolute atomic E-state index is 12.6. The molecule has 0 fully saturated rings. The first-order valence-electron chi connectivity index (χ1n) is 10.3. The van der Waals surface area contributed by atoms with Crippen molar-refractivity contribution in [2.24, 2.45) is 0 Å². The summed E-state index contributed by atoms with van der Waals surface area (Å²) in [7, 11) is 0. The van der Waals surface area contributed by atoms with Crippen molar-refractivity contribution < 1.29 is 19.1 Å². The van der Waals surface area contributed by atoms with Crippen molar-refractivity contribution in [2.75, 3.05) is 18.5 Å². The third kappa shape index (κ3) is 7.66. The molecule has 0 saturated carbocycles. The van der Waals surface area contributed by atoms with Crippen molar-refractivity contribution in [3.05, 3.63) is 94.5 Å². The van der Waals surface area contributed by atoms with Gasteiger partial charge in [-0.1, -0.05) is 53.6 Å². The number of nitrogens with one attached hydrogen (secondary N) is 3. The fourth-order valence-corrected chi connectivity index (χ4v) is 3.00. The summed E-state index contributed by atoms with van der Waals surface area (Å²) in [4.78, 5) is 36.8. The average molecular weight is 466 g/mol. The lowest BCUT2D eigenvalue weighted by atomic mass is 10.2. The smallest absolute Gasteiger partial charge is 0.262 e. The number of hydrogen-bond donors (Lipinski definition) is 3. The third-order valence-electron chi connectivity index (χ3n) is 4.64. The lowest BCUT2D eigenvalue weighted by molar-refractivity contribution is -0.120. The number of anilines is 1. The Hall–Kier alpha value is -3.84. The van der Waals surface area contributed by atoms with Gasteiger partial charge in [0.2, 0.25) is 5.91 Å². The van der Waals surface area contributed by atoms with Gasteiger partial charge in [0.05, 0.1) is 12.1 Å². The largest absolute Gasteiger partial charge is 0.483 e. The predicted molar refractivity (Wildman–Crippen MR) is 127 cm³/mol. The molecule has 8 heteroatoms. The number of carbonyl (C=O) groups excluding carboxylic acids is 3. The maximum atomic E-state index is 12.6. The van der Waals surface area contributed by atoms with Crippen LogP contribution in [-0.2, 0) is 16.1 Å². The van der Waals surface area contributed by atoms with Crippen LogP contribution in [0.4, 0.5) is 5.69 Å². The van der Waals surface area contributed by atoms with Crippen LogP contribution in [-0.4, -0.2) is 30.9 Å². The average Bonchev–Trinajstić information content (AvgIpc) is 2.82. The zero-order chi connectivity index (χ0) is 23.6. The van der Waals surface area contributed by atoms with E-state index in [0.717, 1.165) is 11.1 Å². The van der Waals surface area contributed by atoms with Crippen LogP contribution in [0.5, 0.6) is 5.75 Å². The summed E-state index contributed by atoms with van der Waals surface area (Å²) in [5, 5.41) is 8.64. The second-order valence-corrected chi connectivity index (χ2v) is 7.72. The standard InChI is InChI=1S/C25H24ClN3O4/c1-17-6-12-20(13-7-17)29-24(31)16-33-22-5-3-2-4-21(22)25(32)28-15-23(30)27-14-18-8-10-19(26)11-9-18/h2-13H,14-16H2,1H3,(H,27,30)(H,28,32)(H,29,31). The van der Waals surface area contributed by atoms with Crippen molar-refractivity contribution >= 4 is 35.0 Å². The maximum Gasteiger partial charge on any atom is 0.262 e. The first-order valence-corrected chi connectivity index (χ1v) is 10.7. The van der Waals surface area contributed by atoms with E-state index < -0.39 is 5.91 Å². The summed E-state index contributed by atoms with van der Waals surface area (Å²) >= 11 is 5.84. The van der Waals surface area contributed by atoms with E-state index in [1.54, 1.807) is 48.5 Å². The molecule has 3 amide bonds. The van der Waals surface area contributed by atoms with Crippen molar-refractivity contribution in [3.8, 4) is 5.75 Å². The van der Waals surface area contributed by atoms with Crippen LogP contribution in [0.3, 0.4) is 0 Å². The van der Waals surface area contributed by atoms with Gasteiger partial charge in [-0.25, -0.2) is 0 Å². The Morgan fingerprint density at radius 1 is 0.848 bits per heavy atom. The molecule has 0 aliphatic rings. The fraction of sp³-hybridized carbons (Fsp3) is 0.160. The van der Waals surface area contributed by atoms with Gasteiger partial charge in [0.15, 0.2) is 6.61 Å². The predicted octanol–water partition coefficient (Wildman–Crippen LogP) is 3.71. The van der Waals surface area contributed by atoms with Crippen LogP contribution in [0.2, 0.25) is 5.02 Å². The van der Waals surface area contributed by atoms with Crippen LogP contribution in [0.25, 0.3) is 0 Å². The topological polar surface area (TPSA) is 96.5 Å². The van der Waals surface area contributed by atoms with Crippen LogP contribution in [0.1, 0.15) is 21.5 Å². The van der Waals surface area contributed by atoms with E-state index in [9.17, 15) is 14.4 Å². The molecule has 3 aromatic carbocycles. The van der Waals surface area contributed by atoms with E-state index in [-0.39, 0.29) is 36.3 Å². The summed E-state index contributed by atoms with van der Waals surface area (Å²) in [6.07, 6.45) is 0. The number of halogens is 1. The molecule has 0 atom stereocenters. The second-order valence-electron chi connectivity index (χ2n) is 7.28. The number of ether oxygens (including phenoxy) is 1. The van der Waals surface area contributed by atoms with Crippen LogP contribution in [0.15, 0.2) is 72.8 Å². The summed E-state index contributed by atoms with van der Waals surface area (Å²) < 4.78 is 5.55. The van der Waals surface area contributed by atoms with E-state index in [1.807, 2.05) is 31.2 Å². The minimum absolute atomic E-state index is 0.200. The summed E-state index contributed by atoms with van der Waals surface area (Å²) in [6, 6.07) is 21.0. The molecule has 0 bridgehead atoms. The SMILES string of the molecule is Cc1ccc(NC(=O)COc2ccccc2C(=O)NCC(=O)NCc2ccc(Cl)cc2)cc1. The second kappa shape index (κ2) is 11.7. The Labute approximate surface area is 197 Å². The Balaban J connectivity index is 1.48. The van der Waals surface area contributed by atoms with Crippen molar-refractivity contribution in [3.63, 3.8) is 0 Å². The molecule has 7 nitrogen and oxygen atoms in total. The van der Waals surface area contributed by atoms with Gasteiger partial charge in [-0.05, 0) is 48.9 Å². The Morgan fingerprint density at radius 2 is 1.55 bits per heavy atom. The van der Waals surface area contributed by atoms with Gasteiger partial charge in [-0.2, -0.15) is 0 Å². The molecule has 0 aliphatic heterocycles. The first kappa shape index (κ1) is 23.8. The molecule has 33 heavy (non-hydrogen) atoms. The van der Waals surface area contributed by atoms with E-state index in [4.69, 9.17) is 16.3 Å². The van der Waals surface area contributed by atoms with Gasteiger partial charge in [-0.15, -0.1) is 0 Å². The molecule has 0 unspecified atom stereocenters. The molecule has 3 N–H and O–H groups in total. The molecule has 0 spiro atoms. The highest BCUT2D eigenvalue weighted by Crippen LogP contribution is 2.18. The molecule has 0 aliphatic carbocycles. The molecule has 0 heterocycles. The van der Waals surface area contributed by atoms with Crippen molar-refractivity contribution in [1.82, 2.24) is 10.6 Å². The number of rotatable bonds is 9. The number of aryl methyl sites for hydroxylation is 1. The third-order valence-corrected chi connectivity index (χ3v) is 4.89. The summed E-state index contributed by atoms with van der Waals surface area (Å²) in [6.45, 7) is 1.82. The minimum Gasteiger partial charge on any atom is -0.483 e.